The summed E-state index contributed by atoms with van der Waals surface area (Å²) in [4.78, 5) is 36.0. The van der Waals surface area contributed by atoms with Crippen LogP contribution in [0.25, 0.3) is 0 Å². The van der Waals surface area contributed by atoms with Gasteiger partial charge in [-0.2, -0.15) is 0 Å². The van der Waals surface area contributed by atoms with E-state index in [9.17, 15) is 14.4 Å². The fourth-order valence-corrected chi connectivity index (χ4v) is 2.85. The Balaban J connectivity index is 2.42. The molecule has 0 unspecified atom stereocenters. The Morgan fingerprint density at radius 2 is 1.63 bits per heavy atom. The van der Waals surface area contributed by atoms with Gasteiger partial charge in [0.1, 0.15) is 0 Å². The first-order chi connectivity index (χ1) is 12.8. The van der Waals surface area contributed by atoms with Crippen LogP contribution in [-0.2, 0) is 9.59 Å². The van der Waals surface area contributed by atoms with E-state index in [-0.39, 0.29) is 17.4 Å². The summed E-state index contributed by atoms with van der Waals surface area (Å²) < 4.78 is 10.4. The number of ether oxygens (including phenoxy) is 2. The quantitative estimate of drug-likeness (QED) is 0.460. The minimum Gasteiger partial charge on any atom is -0.493 e. The van der Waals surface area contributed by atoms with Gasteiger partial charge in [0.25, 0.3) is 0 Å². The first-order valence-electron chi connectivity index (χ1n) is 8.56. The number of nitrogens with one attached hydrogen (secondary N) is 1. The van der Waals surface area contributed by atoms with Gasteiger partial charge in [-0.15, -0.1) is 0 Å². The van der Waals surface area contributed by atoms with Crippen LogP contribution in [-0.4, -0.2) is 24.8 Å². The van der Waals surface area contributed by atoms with Crippen molar-refractivity contribution >= 4 is 17.7 Å². The van der Waals surface area contributed by atoms with Gasteiger partial charge in [-0.3, -0.25) is 14.4 Å². The standard InChI is InChI=1S/C21H23NO5/c1-13(21(25)16-8-6-5-7-9-16)20(22-14(2)23)17-10-11-18(26-4)19(12-17)27-15(3)24/h5-13,20H,1-4H3,(H,22,23)/t13-,20+/m1/s1. The molecule has 6 heteroatoms. The van der Waals surface area contributed by atoms with E-state index in [1.807, 2.05) is 6.07 Å². The molecule has 0 spiro atoms. The fraction of sp³-hybridized carbons (Fsp3) is 0.286. The summed E-state index contributed by atoms with van der Waals surface area (Å²) in [7, 11) is 1.47. The Hall–Kier alpha value is -3.15. The molecule has 6 nitrogen and oxygen atoms in total. The number of benzene rings is 2. The molecule has 0 aliphatic carbocycles. The first-order valence-corrected chi connectivity index (χ1v) is 8.56. The van der Waals surface area contributed by atoms with Crippen molar-refractivity contribution in [2.45, 2.75) is 26.8 Å². The third kappa shape index (κ3) is 5.17. The number of Topliss-reactive ketones (excluding diaryl/α,β-unsaturated/α-hetero) is 1. The Morgan fingerprint density at radius 1 is 0.963 bits per heavy atom. The average Bonchev–Trinajstić information content (AvgIpc) is 2.65. The van der Waals surface area contributed by atoms with Crippen LogP contribution in [0.2, 0.25) is 0 Å². The molecule has 0 saturated carbocycles. The third-order valence-corrected chi connectivity index (χ3v) is 4.13. The van der Waals surface area contributed by atoms with Crippen LogP contribution in [0, 0.1) is 5.92 Å². The second-order valence-electron chi connectivity index (χ2n) is 6.20. The number of methoxy groups -OCH3 is 1. The number of ketones is 1. The van der Waals surface area contributed by atoms with Gasteiger partial charge < -0.3 is 14.8 Å². The number of hydrogen-bond acceptors (Lipinski definition) is 5. The maximum atomic E-state index is 12.9. The number of amides is 1. The van der Waals surface area contributed by atoms with E-state index in [4.69, 9.17) is 9.47 Å². The lowest BCUT2D eigenvalue weighted by molar-refractivity contribution is -0.132. The summed E-state index contributed by atoms with van der Waals surface area (Å²) in [6, 6.07) is 13.3. The van der Waals surface area contributed by atoms with E-state index in [0.29, 0.717) is 16.9 Å². The van der Waals surface area contributed by atoms with Gasteiger partial charge in [-0.05, 0) is 17.7 Å². The summed E-state index contributed by atoms with van der Waals surface area (Å²) in [6.45, 7) is 4.44. The molecule has 0 aromatic heterocycles. The number of hydrogen-bond donors (Lipinski definition) is 1. The minimum absolute atomic E-state index is 0.0980. The molecule has 0 saturated heterocycles. The van der Waals surface area contributed by atoms with Crippen molar-refractivity contribution in [1.82, 2.24) is 5.32 Å². The molecular weight excluding hydrogens is 346 g/mol. The summed E-state index contributed by atoms with van der Waals surface area (Å²) in [6.07, 6.45) is 0. The monoisotopic (exact) mass is 369 g/mol. The molecule has 0 radical (unpaired) electrons. The topological polar surface area (TPSA) is 81.7 Å². The minimum atomic E-state index is -0.588. The first kappa shape index (κ1) is 20.2. The molecule has 142 valence electrons. The van der Waals surface area contributed by atoms with Crippen molar-refractivity contribution in [1.29, 1.82) is 0 Å². The Bertz CT molecular complexity index is 832. The highest BCUT2D eigenvalue weighted by Crippen LogP contribution is 2.33. The van der Waals surface area contributed by atoms with Gasteiger partial charge in [-0.1, -0.05) is 43.3 Å². The fourth-order valence-electron chi connectivity index (χ4n) is 2.85. The van der Waals surface area contributed by atoms with Gasteiger partial charge in [-0.25, -0.2) is 0 Å². The van der Waals surface area contributed by atoms with E-state index in [2.05, 4.69) is 5.32 Å². The van der Waals surface area contributed by atoms with E-state index >= 15 is 0 Å². The summed E-state index contributed by atoms with van der Waals surface area (Å²) in [5, 5.41) is 2.82. The second kappa shape index (κ2) is 8.98. The van der Waals surface area contributed by atoms with Gasteiger partial charge in [0, 0.05) is 25.3 Å². The third-order valence-electron chi connectivity index (χ3n) is 4.13. The lowest BCUT2D eigenvalue weighted by Gasteiger charge is -2.25. The summed E-state index contributed by atoms with van der Waals surface area (Å²) in [5.41, 5.74) is 1.20. The molecule has 0 aliphatic rings. The highest BCUT2D eigenvalue weighted by molar-refractivity contribution is 5.98. The van der Waals surface area contributed by atoms with Crippen LogP contribution in [0.15, 0.2) is 48.5 Å². The molecule has 0 fully saturated rings. The van der Waals surface area contributed by atoms with Crippen molar-refractivity contribution < 1.29 is 23.9 Å². The Labute approximate surface area is 158 Å². The smallest absolute Gasteiger partial charge is 0.308 e. The highest BCUT2D eigenvalue weighted by Gasteiger charge is 2.28. The second-order valence-corrected chi connectivity index (χ2v) is 6.20. The molecule has 2 atom stereocenters. The SMILES string of the molecule is COc1ccc([C@@H](NC(C)=O)[C@@H](C)C(=O)c2ccccc2)cc1OC(C)=O. The van der Waals surface area contributed by atoms with Crippen LogP contribution in [0.5, 0.6) is 11.5 Å². The largest absolute Gasteiger partial charge is 0.493 e. The van der Waals surface area contributed by atoms with Crippen molar-refractivity contribution in [2.75, 3.05) is 7.11 Å². The molecule has 0 aliphatic heterocycles. The van der Waals surface area contributed by atoms with Gasteiger partial charge in [0.2, 0.25) is 5.91 Å². The summed E-state index contributed by atoms with van der Waals surface area (Å²) in [5.74, 6) is -0.767. The van der Waals surface area contributed by atoms with Gasteiger partial charge >= 0.3 is 5.97 Å². The van der Waals surface area contributed by atoms with Crippen LogP contribution < -0.4 is 14.8 Å². The van der Waals surface area contributed by atoms with E-state index < -0.39 is 17.9 Å². The number of esters is 1. The normalized spacial score (nSPS) is 12.6. The van der Waals surface area contributed by atoms with Crippen molar-refractivity contribution in [3.05, 3.63) is 59.7 Å². The Morgan fingerprint density at radius 3 is 2.19 bits per heavy atom. The zero-order valence-electron chi connectivity index (χ0n) is 15.8. The average molecular weight is 369 g/mol. The summed E-state index contributed by atoms with van der Waals surface area (Å²) >= 11 is 0. The molecule has 0 heterocycles. The highest BCUT2D eigenvalue weighted by atomic mass is 16.6. The molecule has 0 bridgehead atoms. The lowest BCUT2D eigenvalue weighted by Crippen LogP contribution is -2.34. The molecular formula is C21H23NO5. The van der Waals surface area contributed by atoms with Crippen LogP contribution in [0.4, 0.5) is 0 Å². The number of carbonyl (C=O) groups is 3. The number of rotatable bonds is 7. The van der Waals surface area contributed by atoms with Crippen LogP contribution in [0.3, 0.4) is 0 Å². The van der Waals surface area contributed by atoms with Crippen LogP contribution >= 0.6 is 0 Å². The van der Waals surface area contributed by atoms with Crippen LogP contribution in [0.1, 0.15) is 42.7 Å². The maximum Gasteiger partial charge on any atom is 0.308 e. The molecule has 27 heavy (non-hydrogen) atoms. The van der Waals surface area contributed by atoms with E-state index in [0.717, 1.165) is 0 Å². The zero-order chi connectivity index (χ0) is 20.0. The van der Waals surface area contributed by atoms with Crippen molar-refractivity contribution in [3.63, 3.8) is 0 Å². The van der Waals surface area contributed by atoms with E-state index in [1.54, 1.807) is 49.4 Å². The lowest BCUT2D eigenvalue weighted by atomic mass is 9.87. The Kier molecular flexibility index (Phi) is 6.71. The molecule has 2 aromatic carbocycles. The van der Waals surface area contributed by atoms with Gasteiger partial charge in [0.15, 0.2) is 17.3 Å². The molecule has 2 rings (SSSR count). The maximum absolute atomic E-state index is 12.9. The van der Waals surface area contributed by atoms with Gasteiger partial charge in [0.05, 0.1) is 13.2 Å². The zero-order valence-corrected chi connectivity index (χ0v) is 15.8. The molecule has 2 aromatic rings. The van der Waals surface area contributed by atoms with Crippen molar-refractivity contribution in [2.24, 2.45) is 5.92 Å². The molecule has 1 amide bonds. The predicted molar refractivity (Wildman–Crippen MR) is 101 cm³/mol. The van der Waals surface area contributed by atoms with Crippen molar-refractivity contribution in [3.8, 4) is 11.5 Å². The number of carbonyl (C=O) groups excluding carboxylic acids is 3. The molecule has 1 N–H and O–H groups in total. The predicted octanol–water partition coefficient (Wildman–Crippen LogP) is 3.32. The van der Waals surface area contributed by atoms with E-state index in [1.165, 1.54) is 21.0 Å².